The number of hydrogen-bond donors (Lipinski definition) is 0. The van der Waals surface area contributed by atoms with Gasteiger partial charge in [0.2, 0.25) is 0 Å². The van der Waals surface area contributed by atoms with Crippen molar-refractivity contribution < 1.29 is 4.79 Å². The van der Waals surface area contributed by atoms with E-state index in [1.807, 2.05) is 6.08 Å². The molecule has 0 aromatic rings. The first-order valence-electron chi connectivity index (χ1n) is 10.0. The second kappa shape index (κ2) is 7.81. The average molecular weight is 315 g/mol. The number of allylic oxidation sites excluding steroid dienone is 4. The fourth-order valence-electron chi connectivity index (χ4n) is 5.25. The highest BCUT2D eigenvalue weighted by Crippen LogP contribution is 2.44. The smallest absolute Gasteiger partial charge is 0.155 e. The van der Waals surface area contributed by atoms with E-state index in [0.717, 1.165) is 36.5 Å². The van der Waals surface area contributed by atoms with Crippen LogP contribution >= 0.6 is 0 Å². The lowest BCUT2D eigenvalue weighted by atomic mass is 9.74. The summed E-state index contributed by atoms with van der Waals surface area (Å²) in [5.74, 6) is 3.69. The van der Waals surface area contributed by atoms with E-state index in [1.54, 1.807) is 5.57 Å². The minimum Gasteiger partial charge on any atom is -0.295 e. The summed E-state index contributed by atoms with van der Waals surface area (Å²) in [5.41, 5.74) is 3.11. The van der Waals surface area contributed by atoms with Gasteiger partial charge in [-0.2, -0.15) is 0 Å². The zero-order valence-corrected chi connectivity index (χ0v) is 15.2. The van der Waals surface area contributed by atoms with Gasteiger partial charge in [-0.25, -0.2) is 0 Å². The minimum atomic E-state index is 0.393. The van der Waals surface area contributed by atoms with Crippen molar-refractivity contribution in [1.29, 1.82) is 0 Å². The molecule has 0 bridgehead atoms. The third kappa shape index (κ3) is 4.37. The number of carbonyl (C=O) groups excluding carboxylic acids is 1. The van der Waals surface area contributed by atoms with Crippen molar-refractivity contribution in [2.24, 2.45) is 23.7 Å². The summed E-state index contributed by atoms with van der Waals surface area (Å²) >= 11 is 0. The van der Waals surface area contributed by atoms with Crippen molar-refractivity contribution in [2.75, 3.05) is 0 Å². The largest absolute Gasteiger partial charge is 0.295 e. The molecule has 1 nitrogen and oxygen atoms in total. The molecule has 0 spiro atoms. The fourth-order valence-corrected chi connectivity index (χ4v) is 5.25. The molecule has 3 aliphatic carbocycles. The maximum atomic E-state index is 12.0. The van der Waals surface area contributed by atoms with Gasteiger partial charge in [-0.05, 0) is 94.5 Å². The van der Waals surface area contributed by atoms with Crippen LogP contribution in [0.25, 0.3) is 0 Å². The molecule has 4 atom stereocenters. The SMILES string of the molecule is CC1=CCC(C(C)CC2CCCC2C2=CC(=O)CCCC2)CC1. The van der Waals surface area contributed by atoms with E-state index in [0.29, 0.717) is 5.78 Å². The highest BCUT2D eigenvalue weighted by molar-refractivity contribution is 5.90. The van der Waals surface area contributed by atoms with Crippen molar-refractivity contribution in [3.8, 4) is 0 Å². The summed E-state index contributed by atoms with van der Waals surface area (Å²) in [6.45, 7) is 4.77. The molecule has 4 unspecified atom stereocenters. The zero-order chi connectivity index (χ0) is 16.2. The predicted octanol–water partition coefficient (Wildman–Crippen LogP) is 6.24. The summed E-state index contributed by atoms with van der Waals surface area (Å²) in [5, 5.41) is 0. The maximum absolute atomic E-state index is 12.0. The quantitative estimate of drug-likeness (QED) is 0.561. The van der Waals surface area contributed by atoms with E-state index < -0.39 is 0 Å². The summed E-state index contributed by atoms with van der Waals surface area (Å²) in [7, 11) is 0. The molecule has 128 valence electrons. The first-order valence-corrected chi connectivity index (χ1v) is 10.0. The number of ketones is 1. The summed E-state index contributed by atoms with van der Waals surface area (Å²) in [6, 6.07) is 0. The Kier molecular flexibility index (Phi) is 5.77. The van der Waals surface area contributed by atoms with Crippen LogP contribution in [0.5, 0.6) is 0 Å². The third-order valence-electron chi connectivity index (χ3n) is 6.78. The van der Waals surface area contributed by atoms with Gasteiger partial charge < -0.3 is 0 Å². The summed E-state index contributed by atoms with van der Waals surface area (Å²) in [6.07, 6.45) is 18.3. The zero-order valence-electron chi connectivity index (χ0n) is 15.2. The van der Waals surface area contributed by atoms with Crippen molar-refractivity contribution >= 4 is 5.78 Å². The highest BCUT2D eigenvalue weighted by Gasteiger charge is 2.33. The van der Waals surface area contributed by atoms with Crippen LogP contribution in [0, 0.1) is 23.7 Å². The molecule has 0 amide bonds. The highest BCUT2D eigenvalue weighted by atomic mass is 16.1. The predicted molar refractivity (Wildman–Crippen MR) is 97.3 cm³/mol. The van der Waals surface area contributed by atoms with Crippen LogP contribution in [0.3, 0.4) is 0 Å². The van der Waals surface area contributed by atoms with Crippen LogP contribution < -0.4 is 0 Å². The standard InChI is InChI=1S/C22H34O/c1-16-10-12-18(13-11-16)17(2)14-19-7-5-9-22(19)20-6-3-4-8-21(23)15-20/h10,15,17-19,22H,3-9,11-14H2,1-2H3. The van der Waals surface area contributed by atoms with Gasteiger partial charge in [-0.3, -0.25) is 4.79 Å². The minimum absolute atomic E-state index is 0.393. The Morgan fingerprint density at radius 2 is 1.91 bits per heavy atom. The normalized spacial score (nSPS) is 33.8. The topological polar surface area (TPSA) is 17.1 Å². The summed E-state index contributed by atoms with van der Waals surface area (Å²) in [4.78, 5) is 12.0. The second-order valence-electron chi connectivity index (χ2n) is 8.49. The molecule has 3 rings (SSSR count). The van der Waals surface area contributed by atoms with Crippen LogP contribution in [0.4, 0.5) is 0 Å². The van der Waals surface area contributed by atoms with Gasteiger partial charge in [0.1, 0.15) is 0 Å². The second-order valence-corrected chi connectivity index (χ2v) is 8.49. The summed E-state index contributed by atoms with van der Waals surface area (Å²) < 4.78 is 0. The number of carbonyl (C=O) groups is 1. The van der Waals surface area contributed by atoms with Crippen LogP contribution in [0.15, 0.2) is 23.3 Å². The molecule has 0 heterocycles. The molecule has 0 aromatic heterocycles. The molecule has 23 heavy (non-hydrogen) atoms. The number of rotatable bonds is 4. The van der Waals surface area contributed by atoms with E-state index in [1.165, 1.54) is 63.4 Å². The molecular weight excluding hydrogens is 280 g/mol. The van der Waals surface area contributed by atoms with E-state index >= 15 is 0 Å². The Balaban J connectivity index is 1.61. The van der Waals surface area contributed by atoms with Gasteiger partial charge in [-0.1, -0.05) is 30.6 Å². The molecule has 0 N–H and O–H groups in total. The number of hydrogen-bond acceptors (Lipinski definition) is 1. The van der Waals surface area contributed by atoms with Gasteiger partial charge in [-0.15, -0.1) is 0 Å². The first-order chi connectivity index (χ1) is 11.1. The van der Waals surface area contributed by atoms with Gasteiger partial charge in [0.25, 0.3) is 0 Å². The average Bonchev–Trinajstić information content (AvgIpc) is 2.88. The fraction of sp³-hybridized carbons (Fsp3) is 0.773. The molecule has 1 fully saturated rings. The Hall–Kier alpha value is -0.850. The van der Waals surface area contributed by atoms with E-state index in [9.17, 15) is 4.79 Å². The van der Waals surface area contributed by atoms with E-state index in [4.69, 9.17) is 0 Å². The first kappa shape index (κ1) is 17.0. The molecule has 1 saturated carbocycles. The molecule has 0 aromatic carbocycles. The van der Waals surface area contributed by atoms with Crippen molar-refractivity contribution in [3.63, 3.8) is 0 Å². The molecule has 1 heteroatoms. The van der Waals surface area contributed by atoms with Crippen LogP contribution in [-0.4, -0.2) is 5.78 Å². The van der Waals surface area contributed by atoms with Gasteiger partial charge >= 0.3 is 0 Å². The maximum Gasteiger partial charge on any atom is 0.155 e. The van der Waals surface area contributed by atoms with Gasteiger partial charge in [0, 0.05) is 6.42 Å². The molecular formula is C22H34O. The molecule has 3 aliphatic rings. The Labute approximate surface area is 142 Å². The Bertz CT molecular complexity index is 484. The Morgan fingerprint density at radius 1 is 1.09 bits per heavy atom. The van der Waals surface area contributed by atoms with Gasteiger partial charge in [0.05, 0.1) is 0 Å². The van der Waals surface area contributed by atoms with E-state index in [-0.39, 0.29) is 0 Å². The third-order valence-corrected chi connectivity index (χ3v) is 6.78. The molecule has 0 saturated heterocycles. The van der Waals surface area contributed by atoms with Crippen LogP contribution in [0.1, 0.15) is 84.5 Å². The van der Waals surface area contributed by atoms with Crippen molar-refractivity contribution in [1.82, 2.24) is 0 Å². The van der Waals surface area contributed by atoms with Crippen LogP contribution in [0.2, 0.25) is 0 Å². The lowest BCUT2D eigenvalue weighted by molar-refractivity contribution is -0.114. The lowest BCUT2D eigenvalue weighted by Gasteiger charge is -2.31. The van der Waals surface area contributed by atoms with Gasteiger partial charge in [0.15, 0.2) is 5.78 Å². The van der Waals surface area contributed by atoms with Crippen molar-refractivity contribution in [3.05, 3.63) is 23.3 Å². The van der Waals surface area contributed by atoms with Crippen LogP contribution in [-0.2, 0) is 4.79 Å². The Morgan fingerprint density at radius 3 is 2.70 bits per heavy atom. The van der Waals surface area contributed by atoms with E-state index in [2.05, 4.69) is 19.9 Å². The molecule has 0 radical (unpaired) electrons. The molecule has 0 aliphatic heterocycles. The van der Waals surface area contributed by atoms with Crippen molar-refractivity contribution in [2.45, 2.75) is 84.5 Å². The monoisotopic (exact) mass is 314 g/mol. The lowest BCUT2D eigenvalue weighted by Crippen LogP contribution is -2.20.